The van der Waals surface area contributed by atoms with E-state index in [9.17, 15) is 0 Å². The first kappa shape index (κ1) is 16.2. The topological polar surface area (TPSA) is 12.0 Å². The van der Waals surface area contributed by atoms with E-state index in [4.69, 9.17) is 0 Å². The highest BCUT2D eigenvalue weighted by molar-refractivity contribution is 5.32. The van der Waals surface area contributed by atoms with Crippen LogP contribution in [-0.4, -0.2) is 6.54 Å². The second-order valence-electron chi connectivity index (χ2n) is 6.64. The Morgan fingerprint density at radius 2 is 1.53 bits per heavy atom. The van der Waals surface area contributed by atoms with Gasteiger partial charge in [0.15, 0.2) is 0 Å². The molecule has 0 aliphatic heterocycles. The van der Waals surface area contributed by atoms with Gasteiger partial charge >= 0.3 is 0 Å². The smallest absolute Gasteiger partial charge is 0.0294 e. The molecule has 0 amide bonds. The highest BCUT2D eigenvalue weighted by Gasteiger charge is 2.18. The maximum absolute atomic E-state index is 3.73. The molecule has 0 saturated heterocycles. The Morgan fingerprint density at radius 3 is 2.05 bits per heavy atom. The van der Waals surface area contributed by atoms with Crippen LogP contribution in [0.1, 0.15) is 57.4 Å². The molecule has 1 N–H and O–H groups in total. The van der Waals surface area contributed by atoms with Crippen molar-refractivity contribution in [1.29, 1.82) is 0 Å². The molecular formula is C18H31N. The van der Waals surface area contributed by atoms with Gasteiger partial charge < -0.3 is 5.32 Å². The van der Waals surface area contributed by atoms with Crippen molar-refractivity contribution in [1.82, 2.24) is 5.32 Å². The van der Waals surface area contributed by atoms with Crippen molar-refractivity contribution in [3.8, 4) is 0 Å². The van der Waals surface area contributed by atoms with E-state index in [1.54, 1.807) is 0 Å². The minimum Gasteiger partial charge on any atom is -0.310 e. The zero-order chi connectivity index (χ0) is 14.6. The van der Waals surface area contributed by atoms with Gasteiger partial charge in [-0.15, -0.1) is 0 Å². The summed E-state index contributed by atoms with van der Waals surface area (Å²) in [5.41, 5.74) is 4.17. The van der Waals surface area contributed by atoms with Gasteiger partial charge in [-0.3, -0.25) is 0 Å². The largest absolute Gasteiger partial charge is 0.310 e. The Labute approximate surface area is 119 Å². The molecule has 1 aromatic carbocycles. The first-order chi connectivity index (χ1) is 8.82. The van der Waals surface area contributed by atoms with Gasteiger partial charge in [-0.2, -0.15) is 0 Å². The Bertz CT molecular complexity index is 385. The summed E-state index contributed by atoms with van der Waals surface area (Å²) in [5.74, 6) is 2.21. The number of hydrogen-bond donors (Lipinski definition) is 1. The van der Waals surface area contributed by atoms with Crippen LogP contribution in [0.25, 0.3) is 0 Å². The van der Waals surface area contributed by atoms with E-state index in [1.165, 1.54) is 16.7 Å². The van der Waals surface area contributed by atoms with Crippen LogP contribution in [0, 0.1) is 31.6 Å². The minimum absolute atomic E-state index is 0.430. The number of aryl methyl sites for hydroxylation is 2. The van der Waals surface area contributed by atoms with Crippen molar-refractivity contribution in [3.05, 3.63) is 34.9 Å². The molecule has 0 aliphatic rings. The molecule has 1 rings (SSSR count). The Hall–Kier alpha value is -0.820. The van der Waals surface area contributed by atoms with Gasteiger partial charge in [0.2, 0.25) is 0 Å². The first-order valence-corrected chi connectivity index (χ1v) is 7.63. The fourth-order valence-electron chi connectivity index (χ4n) is 2.89. The standard InChI is InChI=1S/C18H31N/c1-12(2)18(13(3)4)11-19-16(7)17-10-14(5)8-9-15(17)6/h8-10,12-13,16,18-19H,11H2,1-7H3. The lowest BCUT2D eigenvalue weighted by Crippen LogP contribution is -2.31. The first-order valence-electron chi connectivity index (χ1n) is 7.63. The van der Waals surface area contributed by atoms with Crippen molar-refractivity contribution < 1.29 is 0 Å². The molecule has 0 heterocycles. The summed E-state index contributed by atoms with van der Waals surface area (Å²) in [5, 5.41) is 3.73. The summed E-state index contributed by atoms with van der Waals surface area (Å²) < 4.78 is 0. The highest BCUT2D eigenvalue weighted by Crippen LogP contribution is 2.23. The normalized spacial score (nSPS) is 13.6. The lowest BCUT2D eigenvalue weighted by molar-refractivity contribution is 0.268. The van der Waals surface area contributed by atoms with E-state index < -0.39 is 0 Å². The summed E-state index contributed by atoms with van der Waals surface area (Å²) in [6, 6.07) is 7.16. The minimum atomic E-state index is 0.430. The van der Waals surface area contributed by atoms with Crippen molar-refractivity contribution in [2.75, 3.05) is 6.54 Å². The molecule has 0 fully saturated rings. The molecule has 1 nitrogen and oxygen atoms in total. The average Bonchev–Trinajstić information content (AvgIpc) is 2.31. The predicted octanol–water partition coefficient (Wildman–Crippen LogP) is 4.88. The summed E-state index contributed by atoms with van der Waals surface area (Å²) in [6.07, 6.45) is 0. The van der Waals surface area contributed by atoms with E-state index >= 15 is 0 Å². The predicted molar refractivity (Wildman–Crippen MR) is 85.5 cm³/mol. The molecule has 0 saturated carbocycles. The Kier molecular flexibility index (Phi) is 6.06. The molecule has 1 unspecified atom stereocenters. The summed E-state index contributed by atoms with van der Waals surface area (Å²) >= 11 is 0. The molecular weight excluding hydrogens is 230 g/mol. The van der Waals surface area contributed by atoms with Gasteiger partial charge in [-0.25, -0.2) is 0 Å². The van der Waals surface area contributed by atoms with Crippen LogP contribution in [0.4, 0.5) is 0 Å². The second kappa shape index (κ2) is 7.09. The van der Waals surface area contributed by atoms with Gasteiger partial charge in [0, 0.05) is 6.04 Å². The third-order valence-corrected chi connectivity index (χ3v) is 4.27. The molecule has 108 valence electrons. The van der Waals surface area contributed by atoms with Crippen LogP contribution in [0.2, 0.25) is 0 Å². The molecule has 0 aliphatic carbocycles. The zero-order valence-corrected chi connectivity index (χ0v) is 13.7. The third-order valence-electron chi connectivity index (χ3n) is 4.27. The summed E-state index contributed by atoms with van der Waals surface area (Å²) in [6.45, 7) is 17.1. The number of hydrogen-bond acceptors (Lipinski definition) is 1. The van der Waals surface area contributed by atoms with E-state index in [-0.39, 0.29) is 0 Å². The van der Waals surface area contributed by atoms with Crippen molar-refractivity contribution in [2.24, 2.45) is 17.8 Å². The Balaban J connectivity index is 2.69. The fourth-order valence-corrected chi connectivity index (χ4v) is 2.89. The number of rotatable bonds is 6. The summed E-state index contributed by atoms with van der Waals surface area (Å²) in [7, 11) is 0. The maximum atomic E-state index is 3.73. The molecule has 1 atom stereocenters. The van der Waals surface area contributed by atoms with Crippen molar-refractivity contribution in [3.63, 3.8) is 0 Å². The fraction of sp³-hybridized carbons (Fsp3) is 0.667. The lowest BCUT2D eigenvalue weighted by Gasteiger charge is -2.27. The molecule has 19 heavy (non-hydrogen) atoms. The van der Waals surface area contributed by atoms with Crippen LogP contribution in [0.5, 0.6) is 0 Å². The zero-order valence-electron chi connectivity index (χ0n) is 13.7. The monoisotopic (exact) mass is 261 g/mol. The van der Waals surface area contributed by atoms with E-state index in [1.807, 2.05) is 0 Å². The lowest BCUT2D eigenvalue weighted by atomic mass is 9.85. The molecule has 0 aromatic heterocycles. The number of nitrogens with one attached hydrogen (secondary N) is 1. The molecule has 1 aromatic rings. The molecule has 1 heteroatoms. The van der Waals surface area contributed by atoms with Gasteiger partial charge in [-0.05, 0) is 56.2 Å². The third kappa shape index (κ3) is 4.65. The van der Waals surface area contributed by atoms with E-state index in [0.717, 1.165) is 24.3 Å². The quantitative estimate of drug-likeness (QED) is 0.769. The molecule has 0 radical (unpaired) electrons. The Morgan fingerprint density at radius 1 is 0.947 bits per heavy atom. The van der Waals surface area contributed by atoms with Crippen LogP contribution >= 0.6 is 0 Å². The van der Waals surface area contributed by atoms with Crippen LogP contribution in [-0.2, 0) is 0 Å². The highest BCUT2D eigenvalue weighted by atomic mass is 14.9. The van der Waals surface area contributed by atoms with Gasteiger partial charge in [0.1, 0.15) is 0 Å². The van der Waals surface area contributed by atoms with Crippen LogP contribution in [0.3, 0.4) is 0 Å². The van der Waals surface area contributed by atoms with Gasteiger partial charge in [-0.1, -0.05) is 51.5 Å². The van der Waals surface area contributed by atoms with Crippen LogP contribution in [0.15, 0.2) is 18.2 Å². The number of benzene rings is 1. The summed E-state index contributed by atoms with van der Waals surface area (Å²) in [4.78, 5) is 0. The molecule has 0 spiro atoms. The average molecular weight is 261 g/mol. The molecule has 0 bridgehead atoms. The van der Waals surface area contributed by atoms with Crippen LogP contribution < -0.4 is 5.32 Å². The van der Waals surface area contributed by atoms with Crippen molar-refractivity contribution >= 4 is 0 Å². The van der Waals surface area contributed by atoms with Crippen molar-refractivity contribution in [2.45, 2.75) is 54.5 Å². The second-order valence-corrected chi connectivity index (χ2v) is 6.64. The van der Waals surface area contributed by atoms with Gasteiger partial charge in [0.25, 0.3) is 0 Å². The van der Waals surface area contributed by atoms with E-state index in [0.29, 0.717) is 6.04 Å². The SMILES string of the molecule is Cc1ccc(C)c(C(C)NCC(C(C)C)C(C)C)c1. The van der Waals surface area contributed by atoms with E-state index in [2.05, 4.69) is 72.0 Å². The van der Waals surface area contributed by atoms with Gasteiger partial charge in [0.05, 0.1) is 0 Å². The maximum Gasteiger partial charge on any atom is 0.0294 e.